The Hall–Kier alpha value is -1.26. The number of nitrogens with one attached hydrogen (secondary N) is 1. The second-order valence-corrected chi connectivity index (χ2v) is 5.93. The summed E-state index contributed by atoms with van der Waals surface area (Å²) < 4.78 is 0. The Morgan fingerprint density at radius 3 is 2.63 bits per heavy atom. The quantitative estimate of drug-likeness (QED) is 0.821. The van der Waals surface area contributed by atoms with Gasteiger partial charge in [0, 0.05) is 12.6 Å². The zero-order valence-electron chi connectivity index (χ0n) is 11.6. The van der Waals surface area contributed by atoms with Crippen molar-refractivity contribution in [2.75, 3.05) is 6.54 Å². The third-order valence-corrected chi connectivity index (χ3v) is 4.05. The second-order valence-electron chi connectivity index (χ2n) is 5.93. The van der Waals surface area contributed by atoms with Gasteiger partial charge in [-0.1, -0.05) is 25.7 Å². The number of rotatable bonds is 4. The van der Waals surface area contributed by atoms with Crippen LogP contribution in [0.2, 0.25) is 0 Å². The van der Waals surface area contributed by atoms with E-state index in [1.165, 1.54) is 17.7 Å². The molecule has 1 saturated heterocycles. The largest absolute Gasteiger partial charge is 0.480 e. The number of carbonyl (C=O) groups is 2. The maximum atomic E-state index is 12.2. The third kappa shape index (κ3) is 4.11. The van der Waals surface area contributed by atoms with Crippen molar-refractivity contribution in [3.8, 4) is 0 Å². The molecule has 2 unspecified atom stereocenters. The van der Waals surface area contributed by atoms with Crippen LogP contribution >= 0.6 is 0 Å². The van der Waals surface area contributed by atoms with E-state index in [9.17, 15) is 14.7 Å². The van der Waals surface area contributed by atoms with E-state index in [2.05, 4.69) is 5.32 Å². The first-order chi connectivity index (χ1) is 9.08. The molecule has 1 heterocycles. The predicted molar refractivity (Wildman–Crippen MR) is 71.9 cm³/mol. The second kappa shape index (κ2) is 6.26. The van der Waals surface area contributed by atoms with Crippen molar-refractivity contribution in [1.82, 2.24) is 10.2 Å². The van der Waals surface area contributed by atoms with Gasteiger partial charge < -0.3 is 15.3 Å². The van der Waals surface area contributed by atoms with Crippen LogP contribution < -0.4 is 5.32 Å². The van der Waals surface area contributed by atoms with Gasteiger partial charge in [0.05, 0.1) is 0 Å². The molecular formula is C14H24N2O3. The van der Waals surface area contributed by atoms with Crippen molar-refractivity contribution in [3.63, 3.8) is 0 Å². The van der Waals surface area contributed by atoms with Crippen LogP contribution in [0.1, 0.15) is 51.9 Å². The van der Waals surface area contributed by atoms with E-state index in [0.717, 1.165) is 31.6 Å². The van der Waals surface area contributed by atoms with Gasteiger partial charge in [0.25, 0.3) is 0 Å². The summed E-state index contributed by atoms with van der Waals surface area (Å²) in [6, 6.07) is -0.726. The summed E-state index contributed by atoms with van der Waals surface area (Å²) in [7, 11) is 0. The molecule has 0 radical (unpaired) electrons. The number of amides is 2. The van der Waals surface area contributed by atoms with Gasteiger partial charge in [0.1, 0.15) is 6.04 Å². The van der Waals surface area contributed by atoms with E-state index in [4.69, 9.17) is 0 Å². The molecule has 0 bridgehead atoms. The number of likely N-dealkylation sites (tertiary alicyclic amines) is 1. The van der Waals surface area contributed by atoms with E-state index in [1.807, 2.05) is 6.92 Å². The molecule has 2 amide bonds. The van der Waals surface area contributed by atoms with Crippen molar-refractivity contribution in [3.05, 3.63) is 0 Å². The fourth-order valence-electron chi connectivity index (χ4n) is 2.81. The number of carboxylic acid groups (broad SMARTS) is 1. The number of nitrogens with zero attached hydrogens (tertiary/aromatic N) is 1. The molecule has 2 atom stereocenters. The lowest BCUT2D eigenvalue weighted by atomic mass is 10.1. The molecule has 2 fully saturated rings. The molecule has 0 spiro atoms. The van der Waals surface area contributed by atoms with Crippen LogP contribution in [0.5, 0.6) is 0 Å². The van der Waals surface area contributed by atoms with E-state index >= 15 is 0 Å². The van der Waals surface area contributed by atoms with Crippen LogP contribution in [0, 0.1) is 5.92 Å². The van der Waals surface area contributed by atoms with E-state index in [0.29, 0.717) is 13.0 Å². The lowest BCUT2D eigenvalue weighted by Crippen LogP contribution is -2.51. The first kappa shape index (κ1) is 14.2. The standard InChI is InChI=1S/C14H24N2O3/c1-10(9-11-6-7-11)15-14(19)16-8-4-2-3-5-12(16)13(17)18/h10-12H,2-9H2,1H3,(H,15,19)(H,17,18). The minimum atomic E-state index is -0.883. The van der Waals surface area contributed by atoms with Crippen molar-refractivity contribution >= 4 is 12.0 Å². The average molecular weight is 268 g/mol. The molecule has 1 saturated carbocycles. The van der Waals surface area contributed by atoms with Crippen LogP contribution in [-0.4, -0.2) is 40.6 Å². The summed E-state index contributed by atoms with van der Waals surface area (Å²) in [6.45, 7) is 2.56. The summed E-state index contributed by atoms with van der Waals surface area (Å²) in [5, 5.41) is 12.2. The van der Waals surface area contributed by atoms with Gasteiger partial charge in [-0.2, -0.15) is 0 Å². The topological polar surface area (TPSA) is 69.6 Å². The van der Waals surface area contributed by atoms with E-state index < -0.39 is 12.0 Å². The van der Waals surface area contributed by atoms with Crippen molar-refractivity contribution < 1.29 is 14.7 Å². The molecule has 0 aromatic rings. The van der Waals surface area contributed by atoms with E-state index in [1.54, 1.807) is 0 Å². The number of urea groups is 1. The number of aliphatic carboxylic acids is 1. The maximum absolute atomic E-state index is 12.2. The monoisotopic (exact) mass is 268 g/mol. The number of carbonyl (C=O) groups excluding carboxylic acids is 1. The van der Waals surface area contributed by atoms with Gasteiger partial charge in [-0.15, -0.1) is 0 Å². The van der Waals surface area contributed by atoms with Crippen LogP contribution in [0.4, 0.5) is 4.79 Å². The highest BCUT2D eigenvalue weighted by Crippen LogP contribution is 2.33. The minimum absolute atomic E-state index is 0.137. The first-order valence-corrected chi connectivity index (χ1v) is 7.38. The van der Waals surface area contributed by atoms with Gasteiger partial charge in [-0.05, 0) is 32.1 Å². The Bertz CT molecular complexity index is 342. The van der Waals surface area contributed by atoms with Gasteiger partial charge in [-0.25, -0.2) is 9.59 Å². The smallest absolute Gasteiger partial charge is 0.326 e. The summed E-state index contributed by atoms with van der Waals surface area (Å²) in [6.07, 6.45) is 6.90. The average Bonchev–Trinajstić information content (AvgIpc) is 3.13. The molecular weight excluding hydrogens is 244 g/mol. The predicted octanol–water partition coefficient (Wildman–Crippen LogP) is 2.21. The number of hydrogen-bond acceptors (Lipinski definition) is 2. The molecule has 108 valence electrons. The maximum Gasteiger partial charge on any atom is 0.326 e. The SMILES string of the molecule is CC(CC1CC1)NC(=O)N1CCCCCC1C(=O)O. The molecule has 19 heavy (non-hydrogen) atoms. The minimum Gasteiger partial charge on any atom is -0.480 e. The van der Waals surface area contributed by atoms with Crippen LogP contribution in [0.25, 0.3) is 0 Å². The summed E-state index contributed by atoms with van der Waals surface area (Å²) >= 11 is 0. The fraction of sp³-hybridized carbons (Fsp3) is 0.857. The summed E-state index contributed by atoms with van der Waals surface area (Å²) in [4.78, 5) is 25.0. The molecule has 2 aliphatic rings. The highest BCUT2D eigenvalue weighted by molar-refractivity contribution is 5.82. The Balaban J connectivity index is 1.91. The molecule has 2 N–H and O–H groups in total. The Labute approximate surface area is 114 Å². The highest BCUT2D eigenvalue weighted by atomic mass is 16.4. The molecule has 1 aliphatic heterocycles. The normalized spacial score (nSPS) is 25.5. The molecule has 5 heteroatoms. The lowest BCUT2D eigenvalue weighted by Gasteiger charge is -2.28. The molecule has 1 aliphatic carbocycles. The third-order valence-electron chi connectivity index (χ3n) is 4.05. The van der Waals surface area contributed by atoms with Crippen LogP contribution in [0.15, 0.2) is 0 Å². The van der Waals surface area contributed by atoms with Crippen molar-refractivity contribution in [1.29, 1.82) is 0 Å². The van der Waals surface area contributed by atoms with Crippen LogP contribution in [-0.2, 0) is 4.79 Å². The number of carboxylic acids is 1. The summed E-state index contributed by atoms with van der Waals surface area (Å²) in [5.74, 6) is -0.124. The van der Waals surface area contributed by atoms with Gasteiger partial charge in [-0.3, -0.25) is 0 Å². The van der Waals surface area contributed by atoms with Gasteiger partial charge >= 0.3 is 12.0 Å². The van der Waals surface area contributed by atoms with Crippen LogP contribution in [0.3, 0.4) is 0 Å². The number of hydrogen-bond donors (Lipinski definition) is 2. The molecule has 0 aromatic carbocycles. The molecule has 2 rings (SSSR count). The van der Waals surface area contributed by atoms with Crippen molar-refractivity contribution in [2.45, 2.75) is 64.0 Å². The summed E-state index contributed by atoms with van der Waals surface area (Å²) in [5.41, 5.74) is 0. The molecule has 5 nitrogen and oxygen atoms in total. The lowest BCUT2D eigenvalue weighted by molar-refractivity contribution is -0.142. The molecule has 0 aromatic heterocycles. The zero-order chi connectivity index (χ0) is 13.8. The first-order valence-electron chi connectivity index (χ1n) is 7.38. The fourth-order valence-corrected chi connectivity index (χ4v) is 2.81. The Morgan fingerprint density at radius 2 is 2.00 bits per heavy atom. The zero-order valence-corrected chi connectivity index (χ0v) is 11.6. The Morgan fingerprint density at radius 1 is 1.26 bits per heavy atom. The van der Waals surface area contributed by atoms with Gasteiger partial charge in [0.2, 0.25) is 0 Å². The Kier molecular flexibility index (Phi) is 4.66. The van der Waals surface area contributed by atoms with E-state index in [-0.39, 0.29) is 12.1 Å². The van der Waals surface area contributed by atoms with Gasteiger partial charge in [0.15, 0.2) is 0 Å². The highest BCUT2D eigenvalue weighted by Gasteiger charge is 2.32. The van der Waals surface area contributed by atoms with Crippen molar-refractivity contribution in [2.24, 2.45) is 5.92 Å².